The Bertz CT molecular complexity index is 353. The first-order chi connectivity index (χ1) is 6.65. The molecule has 1 unspecified atom stereocenters. The standard InChI is InChI=1S/C11H15NOS/c1-8-2-3-9-10(6-8)14-5-4-11(9,12)7-13/h2-3,6,13H,4-5,7,12H2,1H3. The summed E-state index contributed by atoms with van der Waals surface area (Å²) < 4.78 is 0. The molecule has 0 fully saturated rings. The van der Waals surface area contributed by atoms with Gasteiger partial charge in [-0.2, -0.15) is 0 Å². The molecule has 0 radical (unpaired) electrons. The van der Waals surface area contributed by atoms with Crippen LogP contribution in [0.1, 0.15) is 17.5 Å². The average Bonchev–Trinajstić information content (AvgIpc) is 2.18. The lowest BCUT2D eigenvalue weighted by Crippen LogP contribution is -2.43. The second kappa shape index (κ2) is 3.57. The van der Waals surface area contributed by atoms with Crippen molar-refractivity contribution in [1.82, 2.24) is 0 Å². The molecular formula is C11H15NOS. The summed E-state index contributed by atoms with van der Waals surface area (Å²) in [4.78, 5) is 1.23. The zero-order chi connectivity index (χ0) is 10.2. The predicted octanol–water partition coefficient (Wildman–Crippen LogP) is 1.64. The van der Waals surface area contributed by atoms with Gasteiger partial charge in [-0.3, -0.25) is 0 Å². The molecule has 76 valence electrons. The molecule has 0 amide bonds. The van der Waals surface area contributed by atoms with Crippen LogP contribution in [0.2, 0.25) is 0 Å². The number of aliphatic hydroxyl groups excluding tert-OH is 1. The van der Waals surface area contributed by atoms with Crippen LogP contribution in [-0.2, 0) is 5.54 Å². The number of benzene rings is 1. The molecule has 3 heteroatoms. The van der Waals surface area contributed by atoms with E-state index in [1.165, 1.54) is 10.5 Å². The number of hydrogen-bond donors (Lipinski definition) is 2. The van der Waals surface area contributed by atoms with Crippen molar-refractivity contribution >= 4 is 11.8 Å². The first-order valence-electron chi connectivity index (χ1n) is 4.79. The minimum absolute atomic E-state index is 0.0314. The molecule has 1 heterocycles. The third-order valence-electron chi connectivity index (χ3n) is 2.76. The van der Waals surface area contributed by atoms with Gasteiger partial charge in [0.2, 0.25) is 0 Å². The lowest BCUT2D eigenvalue weighted by molar-refractivity contribution is 0.189. The Morgan fingerprint density at radius 1 is 1.57 bits per heavy atom. The molecule has 1 atom stereocenters. The van der Waals surface area contributed by atoms with E-state index in [1.807, 2.05) is 17.8 Å². The van der Waals surface area contributed by atoms with Crippen LogP contribution in [0.25, 0.3) is 0 Å². The summed E-state index contributed by atoms with van der Waals surface area (Å²) in [6, 6.07) is 6.26. The van der Waals surface area contributed by atoms with Gasteiger partial charge in [0.05, 0.1) is 12.1 Å². The number of aryl methyl sites for hydroxylation is 1. The molecule has 3 N–H and O–H groups in total. The molecule has 1 aromatic carbocycles. The van der Waals surface area contributed by atoms with Crippen molar-refractivity contribution in [3.8, 4) is 0 Å². The fraction of sp³-hybridized carbons (Fsp3) is 0.455. The highest BCUT2D eigenvalue weighted by molar-refractivity contribution is 7.99. The van der Waals surface area contributed by atoms with Crippen LogP contribution in [0.15, 0.2) is 23.1 Å². The molecule has 2 nitrogen and oxygen atoms in total. The van der Waals surface area contributed by atoms with E-state index in [1.54, 1.807) is 0 Å². The van der Waals surface area contributed by atoms with Crippen molar-refractivity contribution in [3.63, 3.8) is 0 Å². The lowest BCUT2D eigenvalue weighted by Gasteiger charge is -2.33. The molecule has 14 heavy (non-hydrogen) atoms. The molecule has 1 aliphatic rings. The Morgan fingerprint density at radius 2 is 2.36 bits per heavy atom. The summed E-state index contributed by atoms with van der Waals surface area (Å²) in [5, 5.41) is 9.33. The van der Waals surface area contributed by atoms with Crippen LogP contribution in [0.4, 0.5) is 0 Å². The Kier molecular flexibility index (Phi) is 2.56. The molecule has 0 saturated carbocycles. The van der Waals surface area contributed by atoms with E-state index in [-0.39, 0.29) is 6.61 Å². The quantitative estimate of drug-likeness (QED) is 0.739. The van der Waals surface area contributed by atoms with Gasteiger partial charge < -0.3 is 10.8 Å². The number of aliphatic hydroxyl groups is 1. The van der Waals surface area contributed by atoms with Crippen LogP contribution >= 0.6 is 11.8 Å². The molecule has 0 spiro atoms. The molecule has 1 aliphatic heterocycles. The first kappa shape index (κ1) is 10.0. The van der Waals surface area contributed by atoms with Gasteiger partial charge in [-0.25, -0.2) is 0 Å². The Morgan fingerprint density at radius 3 is 3.07 bits per heavy atom. The molecule has 0 aliphatic carbocycles. The fourth-order valence-electron chi connectivity index (χ4n) is 1.80. The fourth-order valence-corrected chi connectivity index (χ4v) is 3.18. The van der Waals surface area contributed by atoms with Crippen LogP contribution in [0.5, 0.6) is 0 Å². The maximum atomic E-state index is 9.33. The second-order valence-corrected chi connectivity index (χ2v) is 5.05. The summed E-state index contributed by atoms with van der Waals surface area (Å²) in [5.74, 6) is 0.994. The van der Waals surface area contributed by atoms with Crippen LogP contribution in [0, 0.1) is 6.92 Å². The minimum Gasteiger partial charge on any atom is -0.394 e. The van der Waals surface area contributed by atoms with Crippen molar-refractivity contribution < 1.29 is 5.11 Å². The monoisotopic (exact) mass is 209 g/mol. The largest absolute Gasteiger partial charge is 0.394 e. The van der Waals surface area contributed by atoms with E-state index in [9.17, 15) is 5.11 Å². The van der Waals surface area contributed by atoms with Gasteiger partial charge in [0.15, 0.2) is 0 Å². The highest BCUT2D eigenvalue weighted by atomic mass is 32.2. The van der Waals surface area contributed by atoms with Crippen molar-refractivity contribution in [2.75, 3.05) is 12.4 Å². The summed E-state index contributed by atoms with van der Waals surface area (Å²) in [5.41, 5.74) is 7.98. The minimum atomic E-state index is -0.520. The van der Waals surface area contributed by atoms with Gasteiger partial charge in [-0.05, 0) is 30.5 Å². The third kappa shape index (κ3) is 1.56. The van der Waals surface area contributed by atoms with Crippen molar-refractivity contribution in [3.05, 3.63) is 29.3 Å². The Hall–Kier alpha value is -0.510. The summed E-state index contributed by atoms with van der Waals surface area (Å²) in [6.07, 6.45) is 0.851. The molecule has 0 bridgehead atoms. The maximum Gasteiger partial charge on any atom is 0.0663 e. The van der Waals surface area contributed by atoms with E-state index in [0.29, 0.717) is 0 Å². The van der Waals surface area contributed by atoms with Crippen LogP contribution in [0.3, 0.4) is 0 Å². The highest BCUT2D eigenvalue weighted by Gasteiger charge is 2.32. The number of fused-ring (bicyclic) bond motifs is 1. The van der Waals surface area contributed by atoms with Crippen molar-refractivity contribution in [1.29, 1.82) is 0 Å². The van der Waals surface area contributed by atoms with Crippen molar-refractivity contribution in [2.45, 2.75) is 23.8 Å². The van der Waals surface area contributed by atoms with E-state index in [2.05, 4.69) is 19.1 Å². The molecule has 0 aromatic heterocycles. The van der Waals surface area contributed by atoms with E-state index >= 15 is 0 Å². The summed E-state index contributed by atoms with van der Waals surface area (Å²) in [7, 11) is 0. The maximum absolute atomic E-state index is 9.33. The number of hydrogen-bond acceptors (Lipinski definition) is 3. The van der Waals surface area contributed by atoms with E-state index in [0.717, 1.165) is 17.7 Å². The molecule has 1 aromatic rings. The summed E-state index contributed by atoms with van der Waals surface area (Å²) >= 11 is 1.83. The highest BCUT2D eigenvalue weighted by Crippen LogP contribution is 2.38. The SMILES string of the molecule is Cc1ccc2c(c1)SCCC2(N)CO. The second-order valence-electron chi connectivity index (χ2n) is 3.91. The van der Waals surface area contributed by atoms with Gasteiger partial charge in [0.1, 0.15) is 0 Å². The molecule has 2 rings (SSSR count). The predicted molar refractivity (Wildman–Crippen MR) is 59.5 cm³/mol. The number of thioether (sulfide) groups is 1. The van der Waals surface area contributed by atoms with Gasteiger partial charge >= 0.3 is 0 Å². The van der Waals surface area contributed by atoms with Crippen LogP contribution < -0.4 is 5.73 Å². The zero-order valence-corrected chi connectivity index (χ0v) is 9.10. The smallest absolute Gasteiger partial charge is 0.0663 e. The molecule has 0 saturated heterocycles. The van der Waals surface area contributed by atoms with Gasteiger partial charge in [0.25, 0.3) is 0 Å². The Labute approximate surface area is 88.5 Å². The van der Waals surface area contributed by atoms with Crippen LogP contribution in [-0.4, -0.2) is 17.5 Å². The van der Waals surface area contributed by atoms with Gasteiger partial charge in [0, 0.05) is 10.6 Å². The topological polar surface area (TPSA) is 46.2 Å². The normalized spacial score (nSPS) is 25.9. The third-order valence-corrected chi connectivity index (χ3v) is 3.82. The number of nitrogens with two attached hydrogens (primary N) is 1. The van der Waals surface area contributed by atoms with E-state index < -0.39 is 5.54 Å². The summed E-state index contributed by atoms with van der Waals surface area (Å²) in [6.45, 7) is 2.11. The van der Waals surface area contributed by atoms with Crippen molar-refractivity contribution in [2.24, 2.45) is 5.73 Å². The van der Waals surface area contributed by atoms with Gasteiger partial charge in [-0.1, -0.05) is 12.1 Å². The first-order valence-corrected chi connectivity index (χ1v) is 5.78. The zero-order valence-electron chi connectivity index (χ0n) is 8.29. The van der Waals surface area contributed by atoms with Gasteiger partial charge in [-0.15, -0.1) is 11.8 Å². The lowest BCUT2D eigenvalue weighted by atomic mass is 9.88. The average molecular weight is 209 g/mol. The Balaban J connectivity index is 2.50. The van der Waals surface area contributed by atoms with E-state index in [4.69, 9.17) is 5.73 Å². The molecular weight excluding hydrogens is 194 g/mol. The number of rotatable bonds is 1.